The summed E-state index contributed by atoms with van der Waals surface area (Å²) in [5.41, 5.74) is 3.54. The fourth-order valence-corrected chi connectivity index (χ4v) is 2.18. The molecule has 0 amide bonds. The second-order valence-electron chi connectivity index (χ2n) is 6.25. The molecule has 2 aromatic rings. The smallest absolute Gasteiger partial charge is 0.119 e. The maximum atomic E-state index is 5.58. The number of rotatable bonds is 6. The van der Waals surface area contributed by atoms with E-state index in [1.807, 2.05) is 30.5 Å². The molecule has 2 N–H and O–H groups in total. The van der Waals surface area contributed by atoms with E-state index in [9.17, 15) is 0 Å². The van der Waals surface area contributed by atoms with Crippen LogP contribution in [0.2, 0.25) is 0 Å². The van der Waals surface area contributed by atoms with Crippen molar-refractivity contribution in [2.24, 2.45) is 0 Å². The molecule has 4 heteroatoms. The van der Waals surface area contributed by atoms with Gasteiger partial charge in [0.1, 0.15) is 5.75 Å². The van der Waals surface area contributed by atoms with Gasteiger partial charge < -0.3 is 10.1 Å². The minimum Gasteiger partial charge on any atom is -0.494 e. The maximum absolute atomic E-state index is 5.58. The monoisotopic (exact) mass is 287 g/mol. The highest BCUT2D eigenvalue weighted by molar-refractivity contribution is 5.47. The van der Waals surface area contributed by atoms with Crippen LogP contribution in [0.15, 0.2) is 30.5 Å². The Bertz CT molecular complexity index is 552. The lowest BCUT2D eigenvalue weighted by molar-refractivity contribution is 0.317. The van der Waals surface area contributed by atoms with E-state index in [4.69, 9.17) is 4.74 Å². The number of aromatic amines is 1. The average Bonchev–Trinajstić information content (AvgIpc) is 2.92. The molecule has 21 heavy (non-hydrogen) atoms. The highest BCUT2D eigenvalue weighted by Crippen LogP contribution is 2.24. The van der Waals surface area contributed by atoms with Crippen molar-refractivity contribution in [3.05, 3.63) is 41.7 Å². The van der Waals surface area contributed by atoms with Crippen LogP contribution < -0.4 is 10.1 Å². The van der Waals surface area contributed by atoms with Crippen molar-refractivity contribution in [3.63, 3.8) is 0 Å². The van der Waals surface area contributed by atoms with E-state index in [1.165, 1.54) is 11.3 Å². The summed E-state index contributed by atoms with van der Waals surface area (Å²) in [6.07, 6.45) is 2.92. The lowest BCUT2D eigenvalue weighted by atomic mass is 9.89. The third kappa shape index (κ3) is 4.25. The third-order valence-corrected chi connectivity index (χ3v) is 3.28. The molecular weight excluding hydrogens is 262 g/mol. The fraction of sp³-hybridized carbons (Fsp3) is 0.471. The maximum Gasteiger partial charge on any atom is 0.119 e. The molecule has 0 radical (unpaired) electrons. The van der Waals surface area contributed by atoms with Gasteiger partial charge in [-0.2, -0.15) is 5.10 Å². The number of nitrogens with one attached hydrogen (secondary N) is 2. The van der Waals surface area contributed by atoms with E-state index in [0.717, 1.165) is 31.0 Å². The summed E-state index contributed by atoms with van der Waals surface area (Å²) >= 11 is 0. The molecule has 0 spiro atoms. The number of hydrogen-bond donors (Lipinski definition) is 2. The van der Waals surface area contributed by atoms with E-state index in [-0.39, 0.29) is 5.41 Å². The molecule has 114 valence electrons. The minimum atomic E-state index is 0.0748. The molecule has 0 unspecified atom stereocenters. The number of hydrogen-bond acceptors (Lipinski definition) is 3. The molecule has 0 saturated heterocycles. The molecule has 1 aromatic carbocycles. The van der Waals surface area contributed by atoms with Gasteiger partial charge in [-0.15, -0.1) is 0 Å². The largest absolute Gasteiger partial charge is 0.494 e. The topological polar surface area (TPSA) is 49.9 Å². The van der Waals surface area contributed by atoms with Crippen LogP contribution in [0.4, 0.5) is 5.69 Å². The number of anilines is 1. The summed E-state index contributed by atoms with van der Waals surface area (Å²) in [7, 11) is 0. The number of nitrogens with zero attached hydrogens (tertiary/aromatic N) is 1. The number of benzene rings is 1. The van der Waals surface area contributed by atoms with Crippen LogP contribution in [0.25, 0.3) is 0 Å². The van der Waals surface area contributed by atoms with Gasteiger partial charge in [0.25, 0.3) is 0 Å². The van der Waals surface area contributed by atoms with Crippen LogP contribution in [-0.2, 0) is 12.0 Å². The second-order valence-corrected chi connectivity index (χ2v) is 6.25. The standard InChI is InChI=1S/C17H25N3O/c1-5-10-21-15-8-6-14(7-9-15)18-11-13-12-19-20-16(13)17(2,3)4/h6-9,12,18H,5,10-11H2,1-4H3,(H,19,20). The van der Waals surface area contributed by atoms with E-state index < -0.39 is 0 Å². The van der Waals surface area contributed by atoms with Crippen molar-refractivity contribution in [2.75, 3.05) is 11.9 Å². The zero-order chi connectivity index (χ0) is 15.3. The third-order valence-electron chi connectivity index (χ3n) is 3.28. The Morgan fingerprint density at radius 3 is 2.52 bits per heavy atom. The Balaban J connectivity index is 1.96. The summed E-state index contributed by atoms with van der Waals surface area (Å²) in [5.74, 6) is 0.918. The van der Waals surface area contributed by atoms with E-state index in [0.29, 0.717) is 0 Å². The first-order chi connectivity index (χ1) is 10.0. The SMILES string of the molecule is CCCOc1ccc(NCc2cn[nH]c2C(C)(C)C)cc1. The summed E-state index contributed by atoms with van der Waals surface area (Å²) < 4.78 is 5.58. The zero-order valence-electron chi connectivity index (χ0n) is 13.4. The van der Waals surface area contributed by atoms with Crippen LogP contribution in [-0.4, -0.2) is 16.8 Å². The molecule has 0 aliphatic heterocycles. The van der Waals surface area contributed by atoms with Gasteiger partial charge in [0.2, 0.25) is 0 Å². The van der Waals surface area contributed by atoms with Crippen molar-refractivity contribution >= 4 is 5.69 Å². The summed E-state index contributed by atoms with van der Waals surface area (Å²) in [6.45, 7) is 10.2. The predicted octanol–water partition coefficient (Wildman–Crippen LogP) is 4.11. The molecule has 0 aliphatic carbocycles. The van der Waals surface area contributed by atoms with Gasteiger partial charge >= 0.3 is 0 Å². The normalized spacial score (nSPS) is 11.4. The van der Waals surface area contributed by atoms with Crippen molar-refractivity contribution in [1.29, 1.82) is 0 Å². The van der Waals surface area contributed by atoms with Gasteiger partial charge in [0.15, 0.2) is 0 Å². The lowest BCUT2D eigenvalue weighted by Crippen LogP contribution is -2.15. The second kappa shape index (κ2) is 6.66. The molecule has 0 atom stereocenters. The van der Waals surface area contributed by atoms with Crippen LogP contribution in [0.1, 0.15) is 45.4 Å². The van der Waals surface area contributed by atoms with Gasteiger partial charge in [-0.05, 0) is 30.7 Å². The molecule has 2 rings (SSSR count). The first kappa shape index (κ1) is 15.4. The van der Waals surface area contributed by atoms with E-state index in [2.05, 4.69) is 43.2 Å². The Morgan fingerprint density at radius 2 is 1.90 bits per heavy atom. The molecule has 1 heterocycles. The lowest BCUT2D eigenvalue weighted by Gasteiger charge is -2.18. The quantitative estimate of drug-likeness (QED) is 0.840. The Morgan fingerprint density at radius 1 is 1.19 bits per heavy atom. The molecule has 4 nitrogen and oxygen atoms in total. The van der Waals surface area contributed by atoms with Gasteiger partial charge in [0.05, 0.1) is 12.8 Å². The van der Waals surface area contributed by atoms with E-state index in [1.54, 1.807) is 0 Å². The summed E-state index contributed by atoms with van der Waals surface area (Å²) in [4.78, 5) is 0. The van der Waals surface area contributed by atoms with Crippen molar-refractivity contribution in [3.8, 4) is 5.75 Å². The molecule has 0 bridgehead atoms. The van der Waals surface area contributed by atoms with Gasteiger partial charge in [0, 0.05) is 28.9 Å². The van der Waals surface area contributed by atoms with Crippen LogP contribution >= 0.6 is 0 Å². The Hall–Kier alpha value is -1.97. The first-order valence-corrected chi connectivity index (χ1v) is 7.50. The summed E-state index contributed by atoms with van der Waals surface area (Å²) in [5, 5.41) is 10.7. The number of ether oxygens (including phenoxy) is 1. The molecule has 0 saturated carbocycles. The Labute approximate surface area is 126 Å². The molecule has 0 aliphatic rings. The highest BCUT2D eigenvalue weighted by atomic mass is 16.5. The van der Waals surface area contributed by atoms with Gasteiger partial charge in [-0.3, -0.25) is 5.10 Å². The van der Waals surface area contributed by atoms with Crippen LogP contribution in [0.3, 0.4) is 0 Å². The van der Waals surface area contributed by atoms with Gasteiger partial charge in [-0.1, -0.05) is 27.7 Å². The molecule has 1 aromatic heterocycles. The fourth-order valence-electron chi connectivity index (χ4n) is 2.18. The predicted molar refractivity (Wildman–Crippen MR) is 86.8 cm³/mol. The first-order valence-electron chi connectivity index (χ1n) is 7.50. The number of H-pyrrole nitrogens is 1. The van der Waals surface area contributed by atoms with Crippen molar-refractivity contribution < 1.29 is 4.74 Å². The van der Waals surface area contributed by atoms with Crippen LogP contribution in [0, 0.1) is 0 Å². The van der Waals surface area contributed by atoms with Crippen molar-refractivity contribution in [2.45, 2.75) is 46.1 Å². The minimum absolute atomic E-state index is 0.0748. The Kier molecular flexibility index (Phi) is 4.89. The molecule has 0 fully saturated rings. The van der Waals surface area contributed by atoms with E-state index >= 15 is 0 Å². The molecular formula is C17H25N3O. The number of aromatic nitrogens is 2. The highest BCUT2D eigenvalue weighted by Gasteiger charge is 2.19. The van der Waals surface area contributed by atoms with Crippen LogP contribution in [0.5, 0.6) is 5.75 Å². The summed E-state index contributed by atoms with van der Waals surface area (Å²) in [6, 6.07) is 8.08. The van der Waals surface area contributed by atoms with Crippen molar-refractivity contribution in [1.82, 2.24) is 10.2 Å². The zero-order valence-corrected chi connectivity index (χ0v) is 13.4. The average molecular weight is 287 g/mol. The van der Waals surface area contributed by atoms with Gasteiger partial charge in [-0.25, -0.2) is 0 Å².